The van der Waals surface area contributed by atoms with Gasteiger partial charge < -0.3 is 0 Å². The monoisotopic (exact) mass is 264 g/mol. The van der Waals surface area contributed by atoms with E-state index in [1.54, 1.807) is 0 Å². The normalized spacial score (nSPS) is 18.8. The fourth-order valence-electron chi connectivity index (χ4n) is 2.72. The molecule has 0 bridgehead atoms. The maximum atomic E-state index is 5.72. The molecule has 0 spiro atoms. The molecule has 0 aromatic heterocycles. The van der Waals surface area contributed by atoms with E-state index < -0.39 is 0 Å². The number of nitrogens with one attached hydrogen (secondary N) is 1. The molecule has 0 saturated carbocycles. The van der Waals surface area contributed by atoms with Crippen LogP contribution in [0.3, 0.4) is 0 Å². The third kappa shape index (κ3) is 4.30. The molecule has 1 unspecified atom stereocenters. The van der Waals surface area contributed by atoms with Crippen LogP contribution in [-0.4, -0.2) is 17.5 Å². The molecule has 3 heteroatoms. The second kappa shape index (κ2) is 7.17. The molecule has 1 saturated heterocycles. The minimum absolute atomic E-state index is 0.417. The summed E-state index contributed by atoms with van der Waals surface area (Å²) in [6.45, 7) is 2.15. The predicted molar refractivity (Wildman–Crippen MR) is 80.7 cm³/mol. The van der Waals surface area contributed by atoms with Crippen LogP contribution in [0.25, 0.3) is 0 Å². The van der Waals surface area contributed by atoms with Gasteiger partial charge in [0, 0.05) is 6.04 Å². The molecule has 1 aliphatic rings. The van der Waals surface area contributed by atoms with Gasteiger partial charge in [-0.3, -0.25) is 11.3 Å². The van der Waals surface area contributed by atoms with Gasteiger partial charge in [0.25, 0.3) is 0 Å². The van der Waals surface area contributed by atoms with Crippen molar-refractivity contribution in [1.29, 1.82) is 0 Å². The number of rotatable bonds is 5. The summed E-state index contributed by atoms with van der Waals surface area (Å²) in [6.07, 6.45) is 4.97. The highest BCUT2D eigenvalue weighted by molar-refractivity contribution is 7.99. The summed E-state index contributed by atoms with van der Waals surface area (Å²) in [5, 5.41) is 0. The first-order chi connectivity index (χ1) is 8.78. The third-order valence-corrected chi connectivity index (χ3v) is 4.81. The van der Waals surface area contributed by atoms with Crippen LogP contribution in [0.1, 0.15) is 30.4 Å². The molecule has 1 aliphatic heterocycles. The maximum Gasteiger partial charge on any atom is 0.0253 e. The lowest BCUT2D eigenvalue weighted by atomic mass is 9.91. The van der Waals surface area contributed by atoms with Gasteiger partial charge in [-0.1, -0.05) is 29.8 Å². The largest absolute Gasteiger partial charge is 0.271 e. The second-order valence-corrected chi connectivity index (χ2v) is 6.57. The van der Waals surface area contributed by atoms with Gasteiger partial charge in [-0.05, 0) is 55.6 Å². The Morgan fingerprint density at radius 3 is 2.83 bits per heavy atom. The summed E-state index contributed by atoms with van der Waals surface area (Å²) in [6, 6.07) is 9.16. The lowest BCUT2D eigenvalue weighted by Gasteiger charge is -2.26. The molecule has 1 heterocycles. The summed E-state index contributed by atoms with van der Waals surface area (Å²) in [7, 11) is 0. The number of nitrogens with two attached hydrogens (primary N) is 1. The van der Waals surface area contributed by atoms with Crippen molar-refractivity contribution in [3.63, 3.8) is 0 Å². The van der Waals surface area contributed by atoms with Gasteiger partial charge in [0.2, 0.25) is 0 Å². The van der Waals surface area contributed by atoms with Gasteiger partial charge in [0.1, 0.15) is 0 Å². The fourth-order valence-corrected chi connectivity index (χ4v) is 3.92. The molecule has 1 fully saturated rings. The maximum absolute atomic E-state index is 5.72. The molecule has 100 valence electrons. The van der Waals surface area contributed by atoms with Crippen LogP contribution in [-0.2, 0) is 6.42 Å². The average molecular weight is 264 g/mol. The SMILES string of the molecule is Cc1cccc(CC(CC2CCSCC2)NN)c1. The first kappa shape index (κ1) is 13.9. The Kier molecular flexibility index (Phi) is 5.54. The zero-order valence-electron chi connectivity index (χ0n) is 11.2. The van der Waals surface area contributed by atoms with Crippen molar-refractivity contribution in [2.75, 3.05) is 11.5 Å². The zero-order valence-corrected chi connectivity index (χ0v) is 12.0. The molecule has 3 N–H and O–H groups in total. The van der Waals surface area contributed by atoms with E-state index in [1.807, 2.05) is 0 Å². The van der Waals surface area contributed by atoms with E-state index in [0.717, 1.165) is 12.3 Å². The molecule has 1 atom stereocenters. The molecule has 2 nitrogen and oxygen atoms in total. The van der Waals surface area contributed by atoms with Crippen LogP contribution in [0.5, 0.6) is 0 Å². The average Bonchev–Trinajstić information content (AvgIpc) is 2.39. The topological polar surface area (TPSA) is 38.0 Å². The molecular weight excluding hydrogens is 240 g/mol. The Labute approximate surface area is 115 Å². The van der Waals surface area contributed by atoms with E-state index in [0.29, 0.717) is 6.04 Å². The summed E-state index contributed by atoms with van der Waals surface area (Å²) in [5.41, 5.74) is 5.73. The number of hydrogen-bond acceptors (Lipinski definition) is 3. The van der Waals surface area contributed by atoms with Crippen molar-refractivity contribution < 1.29 is 0 Å². The van der Waals surface area contributed by atoms with Crippen LogP contribution in [0.2, 0.25) is 0 Å². The molecule has 0 radical (unpaired) electrons. The van der Waals surface area contributed by atoms with Crippen molar-refractivity contribution in [2.45, 2.75) is 38.6 Å². The highest BCUT2D eigenvalue weighted by atomic mass is 32.2. The molecular formula is C15H24N2S. The van der Waals surface area contributed by atoms with Crippen molar-refractivity contribution >= 4 is 11.8 Å². The van der Waals surface area contributed by atoms with Gasteiger partial charge in [-0.25, -0.2) is 0 Å². The van der Waals surface area contributed by atoms with Crippen molar-refractivity contribution in [2.24, 2.45) is 11.8 Å². The van der Waals surface area contributed by atoms with Gasteiger partial charge in [0.15, 0.2) is 0 Å². The zero-order chi connectivity index (χ0) is 12.8. The molecule has 0 amide bonds. The smallest absolute Gasteiger partial charge is 0.0253 e. The number of hydrogen-bond donors (Lipinski definition) is 2. The highest BCUT2D eigenvalue weighted by Gasteiger charge is 2.18. The van der Waals surface area contributed by atoms with E-state index in [4.69, 9.17) is 5.84 Å². The van der Waals surface area contributed by atoms with E-state index in [-0.39, 0.29) is 0 Å². The van der Waals surface area contributed by atoms with Crippen molar-refractivity contribution in [3.05, 3.63) is 35.4 Å². The van der Waals surface area contributed by atoms with E-state index in [1.165, 1.54) is 41.9 Å². The molecule has 1 aromatic rings. The van der Waals surface area contributed by atoms with Gasteiger partial charge in [0.05, 0.1) is 0 Å². The van der Waals surface area contributed by atoms with Crippen LogP contribution in [0.15, 0.2) is 24.3 Å². The number of benzene rings is 1. The van der Waals surface area contributed by atoms with Gasteiger partial charge in [-0.2, -0.15) is 11.8 Å². The number of hydrazine groups is 1. The predicted octanol–water partition coefficient (Wildman–Crippen LogP) is 2.90. The molecule has 1 aromatic carbocycles. The van der Waals surface area contributed by atoms with Crippen molar-refractivity contribution in [3.8, 4) is 0 Å². The minimum Gasteiger partial charge on any atom is -0.271 e. The Hall–Kier alpha value is -0.510. The first-order valence-corrected chi connectivity index (χ1v) is 8.03. The van der Waals surface area contributed by atoms with Gasteiger partial charge in [-0.15, -0.1) is 0 Å². The molecule has 18 heavy (non-hydrogen) atoms. The molecule has 2 rings (SSSR count). The third-order valence-electron chi connectivity index (χ3n) is 3.76. The summed E-state index contributed by atoms with van der Waals surface area (Å²) in [5.74, 6) is 9.23. The Morgan fingerprint density at radius 2 is 2.17 bits per heavy atom. The highest BCUT2D eigenvalue weighted by Crippen LogP contribution is 2.27. The van der Waals surface area contributed by atoms with Crippen LogP contribution in [0, 0.1) is 12.8 Å². The fraction of sp³-hybridized carbons (Fsp3) is 0.600. The second-order valence-electron chi connectivity index (χ2n) is 5.35. The summed E-state index contributed by atoms with van der Waals surface area (Å²) >= 11 is 2.09. The van der Waals surface area contributed by atoms with Gasteiger partial charge >= 0.3 is 0 Å². The lowest BCUT2D eigenvalue weighted by Crippen LogP contribution is -2.38. The Bertz CT molecular complexity index is 361. The first-order valence-electron chi connectivity index (χ1n) is 6.87. The minimum atomic E-state index is 0.417. The van der Waals surface area contributed by atoms with E-state index in [2.05, 4.69) is 48.4 Å². The van der Waals surface area contributed by atoms with E-state index in [9.17, 15) is 0 Å². The number of aryl methyl sites for hydroxylation is 1. The van der Waals surface area contributed by atoms with Crippen LogP contribution < -0.4 is 11.3 Å². The Morgan fingerprint density at radius 1 is 1.39 bits per heavy atom. The lowest BCUT2D eigenvalue weighted by molar-refractivity contribution is 0.365. The van der Waals surface area contributed by atoms with Crippen molar-refractivity contribution in [1.82, 2.24) is 5.43 Å². The molecule has 0 aliphatic carbocycles. The number of thioether (sulfide) groups is 1. The van der Waals surface area contributed by atoms with Crippen LogP contribution in [0.4, 0.5) is 0 Å². The standard InChI is InChI=1S/C15H24N2S/c1-12-3-2-4-14(9-12)11-15(17-16)10-13-5-7-18-8-6-13/h2-4,9,13,15,17H,5-8,10-11,16H2,1H3. The quantitative estimate of drug-likeness (QED) is 0.634. The Balaban J connectivity index is 1.88. The summed E-state index contributed by atoms with van der Waals surface area (Å²) < 4.78 is 0. The summed E-state index contributed by atoms with van der Waals surface area (Å²) in [4.78, 5) is 0. The van der Waals surface area contributed by atoms with Crippen LogP contribution >= 0.6 is 11.8 Å². The van der Waals surface area contributed by atoms with E-state index >= 15 is 0 Å².